The first-order valence-electron chi connectivity index (χ1n) is 5.25. The summed E-state index contributed by atoms with van der Waals surface area (Å²) in [5.41, 5.74) is -0.152. The summed E-state index contributed by atoms with van der Waals surface area (Å²) in [4.78, 5) is 0. The standard InChI is InChI=1S/C12H16FNO/c1-15-11-5-3-2-4-10(11)8-12(13)6-7-14-9-12/h2-5,14H,6-9H2,1H3. The van der Waals surface area contributed by atoms with Crippen molar-refractivity contribution in [2.45, 2.75) is 18.5 Å². The smallest absolute Gasteiger partial charge is 0.128 e. The van der Waals surface area contributed by atoms with E-state index in [9.17, 15) is 4.39 Å². The van der Waals surface area contributed by atoms with Gasteiger partial charge in [0.2, 0.25) is 0 Å². The number of hydrogen-bond acceptors (Lipinski definition) is 2. The number of ether oxygens (including phenoxy) is 1. The molecule has 0 amide bonds. The number of methoxy groups -OCH3 is 1. The van der Waals surface area contributed by atoms with E-state index in [0.717, 1.165) is 17.9 Å². The summed E-state index contributed by atoms with van der Waals surface area (Å²) in [5, 5.41) is 3.05. The third-order valence-electron chi connectivity index (χ3n) is 2.89. The Morgan fingerprint density at radius 3 is 2.93 bits per heavy atom. The van der Waals surface area contributed by atoms with Gasteiger partial charge >= 0.3 is 0 Å². The van der Waals surface area contributed by atoms with Gasteiger partial charge in [0, 0.05) is 13.0 Å². The molecule has 2 nitrogen and oxygen atoms in total. The van der Waals surface area contributed by atoms with Crippen LogP contribution < -0.4 is 10.1 Å². The van der Waals surface area contributed by atoms with E-state index in [-0.39, 0.29) is 0 Å². The van der Waals surface area contributed by atoms with Gasteiger partial charge in [0.15, 0.2) is 0 Å². The van der Waals surface area contributed by atoms with Crippen LogP contribution in [0.4, 0.5) is 4.39 Å². The summed E-state index contributed by atoms with van der Waals surface area (Å²) in [6.07, 6.45) is 1.02. The van der Waals surface area contributed by atoms with Crippen LogP contribution in [0.5, 0.6) is 5.75 Å². The Hall–Kier alpha value is -1.09. The molecule has 1 N–H and O–H groups in total. The molecule has 3 heteroatoms. The molecule has 1 atom stereocenters. The van der Waals surface area contributed by atoms with Crippen molar-refractivity contribution in [1.29, 1.82) is 0 Å². The first kappa shape index (κ1) is 10.4. The van der Waals surface area contributed by atoms with Crippen LogP contribution in [0, 0.1) is 0 Å². The van der Waals surface area contributed by atoms with Gasteiger partial charge in [-0.25, -0.2) is 4.39 Å². The minimum absolute atomic E-state index is 0.435. The highest BCUT2D eigenvalue weighted by Gasteiger charge is 2.34. The molecule has 15 heavy (non-hydrogen) atoms. The molecule has 1 fully saturated rings. The van der Waals surface area contributed by atoms with Gasteiger partial charge in [-0.2, -0.15) is 0 Å². The van der Waals surface area contributed by atoms with Crippen molar-refractivity contribution in [3.8, 4) is 5.75 Å². The molecule has 0 aromatic heterocycles. The molecule has 82 valence electrons. The van der Waals surface area contributed by atoms with Crippen molar-refractivity contribution in [1.82, 2.24) is 5.32 Å². The van der Waals surface area contributed by atoms with Crippen molar-refractivity contribution in [2.75, 3.05) is 20.2 Å². The average Bonchev–Trinajstić information content (AvgIpc) is 2.66. The van der Waals surface area contributed by atoms with Gasteiger partial charge in [0.1, 0.15) is 11.4 Å². The monoisotopic (exact) mass is 209 g/mol. The number of halogens is 1. The number of nitrogens with one attached hydrogen (secondary N) is 1. The van der Waals surface area contributed by atoms with Crippen LogP contribution in [-0.2, 0) is 6.42 Å². The highest BCUT2D eigenvalue weighted by molar-refractivity contribution is 5.34. The summed E-state index contributed by atoms with van der Waals surface area (Å²) >= 11 is 0. The van der Waals surface area contributed by atoms with Gasteiger partial charge < -0.3 is 10.1 Å². The van der Waals surface area contributed by atoms with Crippen LogP contribution in [0.3, 0.4) is 0 Å². The Balaban J connectivity index is 2.16. The molecule has 1 saturated heterocycles. The summed E-state index contributed by atoms with van der Waals surface area (Å²) in [6, 6.07) is 7.63. The molecule has 1 aromatic carbocycles. The van der Waals surface area contributed by atoms with Crippen LogP contribution in [0.1, 0.15) is 12.0 Å². The predicted molar refractivity (Wildman–Crippen MR) is 58.0 cm³/mol. The Morgan fingerprint density at radius 1 is 1.47 bits per heavy atom. The molecular formula is C12H16FNO. The summed E-state index contributed by atoms with van der Waals surface area (Å²) in [5.74, 6) is 0.779. The fourth-order valence-corrected chi connectivity index (χ4v) is 2.05. The van der Waals surface area contributed by atoms with E-state index in [0.29, 0.717) is 19.4 Å². The van der Waals surface area contributed by atoms with E-state index in [1.54, 1.807) is 7.11 Å². The summed E-state index contributed by atoms with van der Waals surface area (Å²) in [6.45, 7) is 1.22. The zero-order valence-corrected chi connectivity index (χ0v) is 8.92. The third-order valence-corrected chi connectivity index (χ3v) is 2.89. The molecular weight excluding hydrogens is 193 g/mol. The molecule has 0 aliphatic carbocycles. The van der Waals surface area contributed by atoms with Crippen molar-refractivity contribution in [2.24, 2.45) is 0 Å². The Morgan fingerprint density at radius 2 is 2.27 bits per heavy atom. The minimum Gasteiger partial charge on any atom is -0.496 e. The maximum Gasteiger partial charge on any atom is 0.128 e. The van der Waals surface area contributed by atoms with Gasteiger partial charge in [-0.3, -0.25) is 0 Å². The highest BCUT2D eigenvalue weighted by Crippen LogP contribution is 2.29. The van der Waals surface area contributed by atoms with Crippen molar-refractivity contribution < 1.29 is 9.13 Å². The van der Waals surface area contributed by atoms with E-state index in [1.807, 2.05) is 24.3 Å². The van der Waals surface area contributed by atoms with E-state index in [4.69, 9.17) is 4.74 Å². The van der Waals surface area contributed by atoms with Gasteiger partial charge in [0.05, 0.1) is 7.11 Å². The lowest BCUT2D eigenvalue weighted by molar-refractivity contribution is 0.189. The number of benzene rings is 1. The molecule has 0 saturated carbocycles. The fourth-order valence-electron chi connectivity index (χ4n) is 2.05. The first-order valence-corrected chi connectivity index (χ1v) is 5.25. The van der Waals surface area contributed by atoms with Gasteiger partial charge in [-0.1, -0.05) is 18.2 Å². The van der Waals surface area contributed by atoms with Gasteiger partial charge in [-0.05, 0) is 24.6 Å². The molecule has 2 rings (SSSR count). The SMILES string of the molecule is COc1ccccc1CC1(F)CCNC1. The minimum atomic E-state index is -1.10. The number of rotatable bonds is 3. The second-order valence-corrected chi connectivity index (χ2v) is 4.07. The topological polar surface area (TPSA) is 21.3 Å². The maximum atomic E-state index is 14.2. The molecule has 0 bridgehead atoms. The number of para-hydroxylation sites is 1. The zero-order chi connectivity index (χ0) is 10.7. The van der Waals surface area contributed by atoms with Gasteiger partial charge in [0.25, 0.3) is 0 Å². The zero-order valence-electron chi connectivity index (χ0n) is 8.92. The second-order valence-electron chi connectivity index (χ2n) is 4.07. The molecule has 1 unspecified atom stereocenters. The van der Waals surface area contributed by atoms with Gasteiger partial charge in [-0.15, -0.1) is 0 Å². The van der Waals surface area contributed by atoms with Crippen molar-refractivity contribution >= 4 is 0 Å². The lowest BCUT2D eigenvalue weighted by Gasteiger charge is -2.19. The normalized spacial score (nSPS) is 25.5. The second kappa shape index (κ2) is 4.19. The molecule has 1 aliphatic rings. The first-order chi connectivity index (χ1) is 7.23. The van der Waals surface area contributed by atoms with Crippen LogP contribution >= 0.6 is 0 Å². The quantitative estimate of drug-likeness (QED) is 0.821. The average molecular weight is 209 g/mol. The van der Waals surface area contributed by atoms with Crippen molar-refractivity contribution in [3.63, 3.8) is 0 Å². The lowest BCUT2D eigenvalue weighted by Crippen LogP contribution is -2.28. The van der Waals surface area contributed by atoms with Crippen LogP contribution in [0.25, 0.3) is 0 Å². The number of hydrogen-bond donors (Lipinski definition) is 1. The van der Waals surface area contributed by atoms with E-state index >= 15 is 0 Å². The highest BCUT2D eigenvalue weighted by atomic mass is 19.1. The summed E-state index contributed by atoms with van der Waals surface area (Å²) in [7, 11) is 1.62. The Kier molecular flexibility index (Phi) is 2.91. The van der Waals surface area contributed by atoms with E-state index < -0.39 is 5.67 Å². The molecule has 0 spiro atoms. The molecule has 1 aromatic rings. The summed E-state index contributed by atoms with van der Waals surface area (Å²) < 4.78 is 19.4. The Bertz CT molecular complexity index is 334. The van der Waals surface area contributed by atoms with E-state index in [2.05, 4.69) is 5.32 Å². The van der Waals surface area contributed by atoms with E-state index in [1.165, 1.54) is 0 Å². The van der Waals surface area contributed by atoms with Crippen LogP contribution in [-0.4, -0.2) is 25.9 Å². The fraction of sp³-hybridized carbons (Fsp3) is 0.500. The number of alkyl halides is 1. The van der Waals surface area contributed by atoms with Crippen molar-refractivity contribution in [3.05, 3.63) is 29.8 Å². The molecule has 1 aliphatic heterocycles. The molecule has 0 radical (unpaired) electrons. The third kappa shape index (κ3) is 2.29. The molecule has 1 heterocycles. The predicted octanol–water partition coefficient (Wildman–Crippen LogP) is 1.94. The largest absolute Gasteiger partial charge is 0.496 e. The lowest BCUT2D eigenvalue weighted by atomic mass is 9.95. The van der Waals surface area contributed by atoms with Crippen LogP contribution in [0.15, 0.2) is 24.3 Å². The maximum absolute atomic E-state index is 14.2. The Labute approximate surface area is 89.4 Å². The van der Waals surface area contributed by atoms with Crippen LogP contribution in [0.2, 0.25) is 0 Å².